The van der Waals surface area contributed by atoms with E-state index in [1.165, 1.54) is 25.7 Å². The first-order chi connectivity index (χ1) is 9.34. The van der Waals surface area contributed by atoms with Gasteiger partial charge in [-0.1, -0.05) is 33.6 Å². The third kappa shape index (κ3) is 2.89. The largest absolute Gasteiger partial charge is 0.373 e. The highest BCUT2D eigenvalue weighted by molar-refractivity contribution is 5.59. The van der Waals surface area contributed by atoms with Crippen molar-refractivity contribution in [2.75, 3.05) is 24.3 Å². The second kappa shape index (κ2) is 5.58. The molecule has 1 aliphatic rings. The Morgan fingerprint density at radius 2 is 1.75 bits per heavy atom. The molecule has 0 atom stereocenters. The molecule has 20 heavy (non-hydrogen) atoms. The number of rotatable bonds is 3. The zero-order valence-electron chi connectivity index (χ0n) is 13.7. The second-order valence-corrected chi connectivity index (χ2v) is 6.89. The molecule has 1 aliphatic carbocycles. The molecule has 1 N–H and O–H groups in total. The summed E-state index contributed by atoms with van der Waals surface area (Å²) >= 11 is 0. The van der Waals surface area contributed by atoms with Crippen LogP contribution in [0.3, 0.4) is 0 Å². The molecule has 0 bridgehead atoms. The third-order valence-corrected chi connectivity index (χ3v) is 4.23. The summed E-state index contributed by atoms with van der Waals surface area (Å²) in [5.41, 5.74) is 1.11. The summed E-state index contributed by atoms with van der Waals surface area (Å²) in [5.74, 6) is 2.94. The smallest absolute Gasteiger partial charge is 0.138 e. The Balaban J connectivity index is 2.44. The van der Waals surface area contributed by atoms with Gasteiger partial charge in [-0.25, -0.2) is 9.97 Å². The zero-order valence-corrected chi connectivity index (χ0v) is 13.7. The summed E-state index contributed by atoms with van der Waals surface area (Å²) in [4.78, 5) is 11.9. The van der Waals surface area contributed by atoms with Crippen molar-refractivity contribution in [2.24, 2.45) is 0 Å². The van der Waals surface area contributed by atoms with E-state index in [2.05, 4.69) is 49.9 Å². The first-order valence-electron chi connectivity index (χ1n) is 7.64. The molecule has 0 amide bonds. The standard InChI is InChI=1S/C16H28N4/c1-11-13(17-5)18-15(16(2,3)4)19-14(11)20(6)12-9-7-8-10-12/h12H,7-10H2,1-6H3,(H,17,18,19). The van der Waals surface area contributed by atoms with Crippen LogP contribution in [0.5, 0.6) is 0 Å². The summed E-state index contributed by atoms with van der Waals surface area (Å²) in [6, 6.07) is 0.626. The SMILES string of the molecule is CNc1nc(C(C)(C)C)nc(N(C)C2CCCC2)c1C. The Morgan fingerprint density at radius 3 is 2.25 bits per heavy atom. The molecule has 1 aromatic rings. The average molecular weight is 276 g/mol. The molecule has 1 heterocycles. The van der Waals surface area contributed by atoms with Crippen LogP contribution in [0.25, 0.3) is 0 Å². The Bertz CT molecular complexity index is 470. The topological polar surface area (TPSA) is 41.1 Å². The Kier molecular flexibility index (Phi) is 4.21. The van der Waals surface area contributed by atoms with E-state index in [1.54, 1.807) is 0 Å². The number of aromatic nitrogens is 2. The molecule has 0 aromatic carbocycles. The molecule has 4 heteroatoms. The maximum Gasteiger partial charge on any atom is 0.138 e. The van der Waals surface area contributed by atoms with Gasteiger partial charge in [-0.15, -0.1) is 0 Å². The van der Waals surface area contributed by atoms with E-state index in [-0.39, 0.29) is 5.41 Å². The van der Waals surface area contributed by atoms with Crippen molar-refractivity contribution in [1.29, 1.82) is 0 Å². The third-order valence-electron chi connectivity index (χ3n) is 4.23. The minimum absolute atomic E-state index is 0.0371. The fourth-order valence-corrected chi connectivity index (χ4v) is 2.89. The maximum atomic E-state index is 4.87. The van der Waals surface area contributed by atoms with Gasteiger partial charge in [0.25, 0.3) is 0 Å². The highest BCUT2D eigenvalue weighted by atomic mass is 15.2. The average Bonchev–Trinajstić information content (AvgIpc) is 2.90. The maximum absolute atomic E-state index is 4.87. The molecule has 0 radical (unpaired) electrons. The first-order valence-corrected chi connectivity index (χ1v) is 7.64. The lowest BCUT2D eigenvalue weighted by Gasteiger charge is -2.29. The molecular weight excluding hydrogens is 248 g/mol. The second-order valence-electron chi connectivity index (χ2n) is 6.89. The van der Waals surface area contributed by atoms with Crippen molar-refractivity contribution >= 4 is 11.6 Å². The van der Waals surface area contributed by atoms with Gasteiger partial charge in [0.1, 0.15) is 17.5 Å². The van der Waals surface area contributed by atoms with Gasteiger partial charge in [0, 0.05) is 31.1 Å². The van der Waals surface area contributed by atoms with Crippen molar-refractivity contribution in [3.8, 4) is 0 Å². The van der Waals surface area contributed by atoms with Crippen molar-refractivity contribution < 1.29 is 0 Å². The van der Waals surface area contributed by atoms with Crippen molar-refractivity contribution in [1.82, 2.24) is 9.97 Å². The normalized spacial score (nSPS) is 16.5. The lowest BCUT2D eigenvalue weighted by atomic mass is 9.95. The summed E-state index contributed by atoms with van der Waals surface area (Å²) in [5, 5.41) is 3.22. The van der Waals surface area contributed by atoms with E-state index in [1.807, 2.05) is 7.05 Å². The van der Waals surface area contributed by atoms with E-state index in [4.69, 9.17) is 4.98 Å². The van der Waals surface area contributed by atoms with Crippen LogP contribution in [0, 0.1) is 6.92 Å². The Morgan fingerprint density at radius 1 is 1.15 bits per heavy atom. The number of hydrogen-bond donors (Lipinski definition) is 1. The van der Waals surface area contributed by atoms with Gasteiger partial charge in [-0.05, 0) is 19.8 Å². The minimum atomic E-state index is -0.0371. The lowest BCUT2D eigenvalue weighted by molar-refractivity contribution is 0.541. The van der Waals surface area contributed by atoms with Gasteiger partial charge in [-0.2, -0.15) is 0 Å². The fraction of sp³-hybridized carbons (Fsp3) is 0.750. The van der Waals surface area contributed by atoms with Crippen LogP contribution in [0.15, 0.2) is 0 Å². The predicted octanol–water partition coefficient (Wildman–Crippen LogP) is 3.50. The molecule has 112 valence electrons. The van der Waals surface area contributed by atoms with Crippen molar-refractivity contribution in [2.45, 2.75) is 64.8 Å². The van der Waals surface area contributed by atoms with E-state index in [0.717, 1.165) is 23.0 Å². The van der Waals surface area contributed by atoms with Gasteiger partial charge in [0.2, 0.25) is 0 Å². The number of nitrogens with zero attached hydrogens (tertiary/aromatic N) is 3. The summed E-state index contributed by atoms with van der Waals surface area (Å²) < 4.78 is 0. The van der Waals surface area contributed by atoms with Crippen molar-refractivity contribution in [3.05, 3.63) is 11.4 Å². The minimum Gasteiger partial charge on any atom is -0.373 e. The van der Waals surface area contributed by atoms with Gasteiger partial charge < -0.3 is 10.2 Å². The summed E-state index contributed by atoms with van der Waals surface area (Å²) in [6.07, 6.45) is 5.23. The highest BCUT2D eigenvalue weighted by Crippen LogP contribution is 2.32. The Labute approximate surface area is 123 Å². The number of hydrogen-bond acceptors (Lipinski definition) is 4. The van der Waals surface area contributed by atoms with Crippen molar-refractivity contribution in [3.63, 3.8) is 0 Å². The molecule has 2 rings (SSSR count). The summed E-state index contributed by atoms with van der Waals surface area (Å²) in [6.45, 7) is 8.60. The predicted molar refractivity (Wildman–Crippen MR) is 85.7 cm³/mol. The van der Waals surface area contributed by atoms with E-state index in [0.29, 0.717) is 6.04 Å². The van der Waals surface area contributed by atoms with Gasteiger partial charge in [0.15, 0.2) is 0 Å². The van der Waals surface area contributed by atoms with E-state index in [9.17, 15) is 0 Å². The van der Waals surface area contributed by atoms with E-state index < -0.39 is 0 Å². The van der Waals surface area contributed by atoms with Crippen LogP contribution < -0.4 is 10.2 Å². The molecular formula is C16H28N4. The van der Waals surface area contributed by atoms with Crippen LogP contribution in [-0.2, 0) is 5.41 Å². The monoisotopic (exact) mass is 276 g/mol. The first kappa shape index (κ1) is 15.1. The van der Waals surface area contributed by atoms with Gasteiger partial charge in [0.05, 0.1) is 0 Å². The summed E-state index contributed by atoms with van der Waals surface area (Å²) in [7, 11) is 4.11. The quantitative estimate of drug-likeness (QED) is 0.917. The van der Waals surface area contributed by atoms with Crippen LogP contribution >= 0.6 is 0 Å². The van der Waals surface area contributed by atoms with Gasteiger partial charge >= 0.3 is 0 Å². The fourth-order valence-electron chi connectivity index (χ4n) is 2.89. The Hall–Kier alpha value is -1.32. The molecule has 0 spiro atoms. The molecule has 0 unspecified atom stereocenters. The molecule has 1 aromatic heterocycles. The molecule has 1 saturated carbocycles. The van der Waals surface area contributed by atoms with Crippen LogP contribution in [0.1, 0.15) is 57.8 Å². The molecule has 0 saturated heterocycles. The van der Waals surface area contributed by atoms with Gasteiger partial charge in [-0.3, -0.25) is 0 Å². The van der Waals surface area contributed by atoms with Crippen LogP contribution in [-0.4, -0.2) is 30.1 Å². The number of anilines is 2. The number of nitrogens with one attached hydrogen (secondary N) is 1. The highest BCUT2D eigenvalue weighted by Gasteiger charge is 2.26. The van der Waals surface area contributed by atoms with Crippen LogP contribution in [0.4, 0.5) is 11.6 Å². The zero-order chi connectivity index (χ0) is 14.9. The molecule has 0 aliphatic heterocycles. The molecule has 1 fully saturated rings. The lowest BCUT2D eigenvalue weighted by Crippen LogP contribution is -2.32. The van der Waals surface area contributed by atoms with E-state index >= 15 is 0 Å². The molecule has 4 nitrogen and oxygen atoms in total. The van der Waals surface area contributed by atoms with Crippen LogP contribution in [0.2, 0.25) is 0 Å².